The van der Waals surface area contributed by atoms with Gasteiger partial charge in [-0.05, 0) is 63.5 Å². The number of likely N-dealkylation sites (tertiary alicyclic amines) is 2. The Kier molecular flexibility index (Phi) is 5.27. The van der Waals surface area contributed by atoms with Crippen molar-refractivity contribution in [3.05, 3.63) is 0 Å². The Morgan fingerprint density at radius 3 is 2.50 bits per heavy atom. The van der Waals surface area contributed by atoms with Crippen molar-refractivity contribution < 1.29 is 0 Å². The van der Waals surface area contributed by atoms with Gasteiger partial charge in [-0.3, -0.25) is 4.99 Å². The van der Waals surface area contributed by atoms with E-state index in [1.54, 1.807) is 0 Å². The molecule has 2 heterocycles. The molecular weight excluding hydrogens is 272 g/mol. The molecule has 0 bridgehead atoms. The van der Waals surface area contributed by atoms with Gasteiger partial charge in [-0.2, -0.15) is 0 Å². The highest BCUT2D eigenvalue weighted by atomic mass is 15.3. The average molecular weight is 306 g/mol. The summed E-state index contributed by atoms with van der Waals surface area (Å²) in [5.41, 5.74) is 0.650. The summed E-state index contributed by atoms with van der Waals surface area (Å²) in [5, 5.41) is 3.52. The zero-order chi connectivity index (χ0) is 15.4. The van der Waals surface area contributed by atoms with Crippen LogP contribution < -0.4 is 5.32 Å². The van der Waals surface area contributed by atoms with Crippen LogP contribution in [0.4, 0.5) is 0 Å². The van der Waals surface area contributed by atoms with Crippen molar-refractivity contribution in [2.24, 2.45) is 16.3 Å². The third kappa shape index (κ3) is 3.76. The maximum absolute atomic E-state index is 4.97. The van der Waals surface area contributed by atoms with E-state index in [9.17, 15) is 0 Å². The highest BCUT2D eigenvalue weighted by molar-refractivity contribution is 5.80. The van der Waals surface area contributed by atoms with Crippen molar-refractivity contribution in [1.29, 1.82) is 0 Å². The lowest BCUT2D eigenvalue weighted by atomic mass is 9.68. The summed E-state index contributed by atoms with van der Waals surface area (Å²) >= 11 is 0. The number of guanidine groups is 1. The van der Waals surface area contributed by atoms with Gasteiger partial charge >= 0.3 is 0 Å². The van der Waals surface area contributed by atoms with Crippen LogP contribution in [0.5, 0.6) is 0 Å². The summed E-state index contributed by atoms with van der Waals surface area (Å²) in [6.07, 6.45) is 8.46. The van der Waals surface area contributed by atoms with Gasteiger partial charge in [0.25, 0.3) is 0 Å². The van der Waals surface area contributed by atoms with E-state index >= 15 is 0 Å². The van der Waals surface area contributed by atoms with Gasteiger partial charge in [-0.1, -0.05) is 13.3 Å². The van der Waals surface area contributed by atoms with Crippen LogP contribution in [0.3, 0.4) is 0 Å². The van der Waals surface area contributed by atoms with Crippen molar-refractivity contribution in [3.8, 4) is 0 Å². The Morgan fingerprint density at radius 1 is 1.14 bits per heavy atom. The second-order valence-corrected chi connectivity index (χ2v) is 7.83. The molecule has 2 aliphatic heterocycles. The second kappa shape index (κ2) is 7.20. The molecule has 3 fully saturated rings. The average Bonchev–Trinajstić information content (AvgIpc) is 3.11. The molecule has 4 nitrogen and oxygen atoms in total. The Balaban J connectivity index is 1.51. The molecule has 1 unspecified atom stereocenters. The summed E-state index contributed by atoms with van der Waals surface area (Å²) in [5.74, 6) is 1.83. The molecule has 1 saturated carbocycles. The number of aliphatic imine (C=N–C) groups is 1. The monoisotopic (exact) mass is 306 g/mol. The lowest BCUT2D eigenvalue weighted by molar-refractivity contribution is 0.151. The predicted octanol–water partition coefficient (Wildman–Crippen LogP) is 2.56. The Morgan fingerprint density at radius 2 is 1.91 bits per heavy atom. The van der Waals surface area contributed by atoms with Gasteiger partial charge < -0.3 is 15.1 Å². The molecule has 3 rings (SSSR count). The maximum atomic E-state index is 4.97. The molecule has 1 spiro atoms. The topological polar surface area (TPSA) is 30.9 Å². The third-order valence-electron chi connectivity index (χ3n) is 5.81. The lowest BCUT2D eigenvalue weighted by Crippen LogP contribution is -2.43. The molecule has 1 N–H and O–H groups in total. The van der Waals surface area contributed by atoms with Crippen molar-refractivity contribution in [3.63, 3.8) is 0 Å². The minimum absolute atomic E-state index is 0.650. The van der Waals surface area contributed by atoms with Crippen molar-refractivity contribution >= 4 is 5.96 Å². The maximum Gasteiger partial charge on any atom is 0.193 e. The third-order valence-corrected chi connectivity index (χ3v) is 5.81. The molecule has 1 aliphatic carbocycles. The van der Waals surface area contributed by atoms with Gasteiger partial charge in [0, 0.05) is 32.7 Å². The van der Waals surface area contributed by atoms with E-state index in [-0.39, 0.29) is 0 Å². The largest absolute Gasteiger partial charge is 0.357 e. The molecule has 4 heteroatoms. The molecule has 0 aromatic heterocycles. The Labute approximate surface area is 136 Å². The van der Waals surface area contributed by atoms with Crippen molar-refractivity contribution in [1.82, 2.24) is 15.1 Å². The summed E-state index contributed by atoms with van der Waals surface area (Å²) in [6.45, 7) is 12.7. The normalized spacial score (nSPS) is 26.5. The standard InChI is InChI=1S/C18H34N4/c1-3-19-17(22-12-9-18(15-22)7-6-8-18)20-13-16(2)14-21-10-4-5-11-21/h16H,3-15H2,1-2H3,(H,19,20). The number of nitrogens with one attached hydrogen (secondary N) is 1. The first-order chi connectivity index (χ1) is 10.7. The summed E-state index contributed by atoms with van der Waals surface area (Å²) in [7, 11) is 0. The van der Waals surface area contributed by atoms with E-state index in [1.165, 1.54) is 77.2 Å². The van der Waals surface area contributed by atoms with Crippen LogP contribution in [0.15, 0.2) is 4.99 Å². The fourth-order valence-corrected chi connectivity index (χ4v) is 4.33. The van der Waals surface area contributed by atoms with Crippen LogP contribution >= 0.6 is 0 Å². The van der Waals surface area contributed by atoms with Crippen LogP contribution in [0.1, 0.15) is 52.4 Å². The molecule has 0 amide bonds. The van der Waals surface area contributed by atoms with E-state index in [0.717, 1.165) is 13.1 Å². The van der Waals surface area contributed by atoms with E-state index in [1.807, 2.05) is 0 Å². The second-order valence-electron chi connectivity index (χ2n) is 7.83. The molecule has 1 atom stereocenters. The Hall–Kier alpha value is -0.770. The summed E-state index contributed by atoms with van der Waals surface area (Å²) in [4.78, 5) is 10.1. The van der Waals surface area contributed by atoms with E-state index in [2.05, 4.69) is 29.0 Å². The van der Waals surface area contributed by atoms with E-state index < -0.39 is 0 Å². The molecular formula is C18H34N4. The molecule has 126 valence electrons. The van der Waals surface area contributed by atoms with Gasteiger partial charge in [-0.15, -0.1) is 0 Å². The minimum Gasteiger partial charge on any atom is -0.357 e. The fraction of sp³-hybridized carbons (Fsp3) is 0.944. The smallest absolute Gasteiger partial charge is 0.193 e. The number of rotatable bonds is 5. The van der Waals surface area contributed by atoms with E-state index in [4.69, 9.17) is 4.99 Å². The molecule has 2 saturated heterocycles. The van der Waals surface area contributed by atoms with Crippen molar-refractivity contribution in [2.75, 3.05) is 45.8 Å². The lowest BCUT2D eigenvalue weighted by Gasteiger charge is -2.38. The number of nitrogens with zero attached hydrogens (tertiary/aromatic N) is 3. The van der Waals surface area contributed by atoms with Gasteiger partial charge in [0.15, 0.2) is 5.96 Å². The highest BCUT2D eigenvalue weighted by Gasteiger charge is 2.43. The number of hydrogen-bond donors (Lipinski definition) is 1. The minimum atomic E-state index is 0.650. The fourth-order valence-electron chi connectivity index (χ4n) is 4.33. The van der Waals surface area contributed by atoms with E-state index in [0.29, 0.717) is 11.3 Å². The van der Waals surface area contributed by atoms with Crippen LogP contribution in [-0.2, 0) is 0 Å². The molecule has 0 radical (unpaired) electrons. The quantitative estimate of drug-likeness (QED) is 0.625. The van der Waals surface area contributed by atoms with Crippen LogP contribution in [0.2, 0.25) is 0 Å². The Bertz CT molecular complexity index is 383. The van der Waals surface area contributed by atoms with Gasteiger partial charge in [0.05, 0.1) is 0 Å². The van der Waals surface area contributed by atoms with Gasteiger partial charge in [0.1, 0.15) is 0 Å². The van der Waals surface area contributed by atoms with Crippen LogP contribution in [0.25, 0.3) is 0 Å². The highest BCUT2D eigenvalue weighted by Crippen LogP contribution is 2.47. The van der Waals surface area contributed by atoms with Crippen molar-refractivity contribution in [2.45, 2.75) is 52.4 Å². The first-order valence-electron chi connectivity index (χ1n) is 9.46. The first kappa shape index (κ1) is 16.1. The SMILES string of the molecule is CCNC(=NCC(C)CN1CCCC1)N1CCC2(CCC2)C1. The molecule has 22 heavy (non-hydrogen) atoms. The van der Waals surface area contributed by atoms with Crippen LogP contribution in [0, 0.1) is 11.3 Å². The molecule has 0 aromatic carbocycles. The molecule has 3 aliphatic rings. The first-order valence-corrected chi connectivity index (χ1v) is 9.46. The zero-order valence-electron chi connectivity index (χ0n) is 14.6. The summed E-state index contributed by atoms with van der Waals surface area (Å²) in [6, 6.07) is 0. The van der Waals surface area contributed by atoms with Gasteiger partial charge in [-0.25, -0.2) is 0 Å². The zero-order valence-corrected chi connectivity index (χ0v) is 14.6. The summed E-state index contributed by atoms with van der Waals surface area (Å²) < 4.78 is 0. The number of hydrogen-bond acceptors (Lipinski definition) is 2. The van der Waals surface area contributed by atoms with Crippen LogP contribution in [-0.4, -0.2) is 61.6 Å². The molecule has 0 aromatic rings. The van der Waals surface area contributed by atoms with Gasteiger partial charge in [0.2, 0.25) is 0 Å². The predicted molar refractivity (Wildman–Crippen MR) is 93.3 cm³/mol.